The van der Waals surface area contributed by atoms with Gasteiger partial charge in [0.15, 0.2) is 11.6 Å². The second-order valence-corrected chi connectivity index (χ2v) is 13.2. The highest BCUT2D eigenvalue weighted by atomic mass is 14.9. The Kier molecular flexibility index (Phi) is 7.69. The van der Waals surface area contributed by atoms with Crippen LogP contribution in [0.2, 0.25) is 0 Å². The van der Waals surface area contributed by atoms with Crippen LogP contribution in [-0.4, -0.2) is 29.9 Å². The van der Waals surface area contributed by atoms with Crippen molar-refractivity contribution in [1.29, 1.82) is 0 Å². The van der Waals surface area contributed by atoms with E-state index in [1.165, 1.54) is 0 Å². The minimum atomic E-state index is 0.669. The Bertz CT molecular complexity index is 2800. The minimum absolute atomic E-state index is 0.669. The number of benzene rings is 5. The van der Waals surface area contributed by atoms with Gasteiger partial charge in [-0.1, -0.05) is 109 Å². The van der Waals surface area contributed by atoms with Crippen LogP contribution in [0.5, 0.6) is 0 Å². The first-order valence-corrected chi connectivity index (χ1v) is 17.8. The van der Waals surface area contributed by atoms with Crippen LogP contribution in [0.25, 0.3) is 98.9 Å². The van der Waals surface area contributed by atoms with Gasteiger partial charge in [0, 0.05) is 83.0 Å². The molecule has 0 amide bonds. The van der Waals surface area contributed by atoms with Gasteiger partial charge in [0.25, 0.3) is 0 Å². The molecule has 0 spiro atoms. The lowest BCUT2D eigenvalue weighted by molar-refractivity contribution is 1.18. The number of hydrogen-bond donors (Lipinski definition) is 0. The molecule has 0 aliphatic carbocycles. The molecule has 0 radical (unpaired) electrons. The fourth-order valence-electron chi connectivity index (χ4n) is 7.46. The lowest BCUT2D eigenvalue weighted by Crippen LogP contribution is -1.91. The van der Waals surface area contributed by atoms with Gasteiger partial charge in [-0.05, 0) is 78.1 Å². The quantitative estimate of drug-likeness (QED) is 0.183. The highest BCUT2D eigenvalue weighted by molar-refractivity contribution is 6.26. The van der Waals surface area contributed by atoms with Gasteiger partial charge >= 0.3 is 0 Å². The van der Waals surface area contributed by atoms with E-state index in [1.54, 1.807) is 12.4 Å². The topological polar surface area (TPSA) is 77.3 Å². The summed E-state index contributed by atoms with van der Waals surface area (Å²) in [4.78, 5) is 27.8. The minimum Gasteiger partial charge on any atom is -0.264 e. The third-order valence-electron chi connectivity index (χ3n) is 10.1. The van der Waals surface area contributed by atoms with Crippen LogP contribution in [0.15, 0.2) is 183 Å². The zero-order chi connectivity index (χ0) is 35.8. The molecule has 4 heterocycles. The van der Waals surface area contributed by atoms with Crippen molar-refractivity contribution in [2.75, 3.05) is 0 Å². The van der Waals surface area contributed by atoms with Crippen LogP contribution < -0.4 is 0 Å². The number of fused-ring (bicyclic) bond motifs is 10. The monoisotopic (exact) mass is 690 g/mol. The molecular weight excluding hydrogens is 661 g/mol. The third kappa shape index (κ3) is 5.54. The van der Waals surface area contributed by atoms with E-state index in [0.29, 0.717) is 11.6 Å². The first kappa shape index (κ1) is 31.3. The Labute approximate surface area is 310 Å². The van der Waals surface area contributed by atoms with Crippen molar-refractivity contribution in [3.05, 3.63) is 183 Å². The molecule has 0 saturated heterocycles. The smallest absolute Gasteiger partial charge is 0.159 e. The highest BCUT2D eigenvalue weighted by Gasteiger charge is 2.13. The van der Waals surface area contributed by atoms with Gasteiger partial charge < -0.3 is 0 Å². The zero-order valence-corrected chi connectivity index (χ0v) is 29.0. The molecular formula is C48H30N6. The van der Waals surface area contributed by atoms with Crippen molar-refractivity contribution >= 4 is 53.9 Å². The Morgan fingerprint density at radius 1 is 0.241 bits per heavy atom. The highest BCUT2D eigenvalue weighted by Crippen LogP contribution is 2.38. The Morgan fingerprint density at radius 2 is 0.574 bits per heavy atom. The zero-order valence-electron chi connectivity index (χ0n) is 29.0. The van der Waals surface area contributed by atoms with E-state index in [2.05, 4.69) is 119 Å². The van der Waals surface area contributed by atoms with Gasteiger partial charge in [-0.25, -0.2) is 19.9 Å². The van der Waals surface area contributed by atoms with E-state index in [0.717, 1.165) is 87.2 Å². The lowest BCUT2D eigenvalue weighted by Gasteiger charge is -2.12. The number of hydrogen-bond acceptors (Lipinski definition) is 6. The van der Waals surface area contributed by atoms with Crippen molar-refractivity contribution in [1.82, 2.24) is 29.9 Å². The van der Waals surface area contributed by atoms with Crippen LogP contribution in [0.1, 0.15) is 0 Å². The van der Waals surface area contributed by atoms with Gasteiger partial charge in [0.2, 0.25) is 0 Å². The molecule has 4 aromatic heterocycles. The number of nitrogens with zero attached hydrogens (tertiary/aromatic N) is 6. The maximum absolute atomic E-state index is 4.82. The summed E-state index contributed by atoms with van der Waals surface area (Å²) < 4.78 is 0. The fourth-order valence-corrected chi connectivity index (χ4v) is 7.46. The average Bonchev–Trinajstić information content (AvgIpc) is 3.26. The van der Waals surface area contributed by atoms with Crippen molar-refractivity contribution < 1.29 is 0 Å². The Morgan fingerprint density at radius 3 is 0.907 bits per heavy atom. The lowest BCUT2D eigenvalue weighted by atomic mass is 9.93. The summed E-state index contributed by atoms with van der Waals surface area (Å²) in [6.07, 6.45) is 14.7. The van der Waals surface area contributed by atoms with Crippen LogP contribution >= 0.6 is 0 Å². The SMILES string of the molecule is c1cncc(-c2cnc(-c3ccc4c5ccccc5c5ccc(-c6ncc(-c7cccnc7)cn6)cc5c5ccccc5c5ccccc5c4c3)nc2)c1. The predicted molar refractivity (Wildman–Crippen MR) is 220 cm³/mol. The van der Waals surface area contributed by atoms with Gasteiger partial charge in [-0.15, -0.1) is 0 Å². The Balaban J connectivity index is 1.25. The van der Waals surface area contributed by atoms with Crippen LogP contribution in [0.4, 0.5) is 0 Å². The summed E-state index contributed by atoms with van der Waals surface area (Å²) in [6, 6.07) is 47.1. The van der Waals surface area contributed by atoms with E-state index in [4.69, 9.17) is 19.9 Å². The second kappa shape index (κ2) is 13.3. The molecule has 0 unspecified atom stereocenters. The molecule has 0 fully saturated rings. The molecule has 6 heteroatoms. The van der Waals surface area contributed by atoms with Gasteiger partial charge in [0.05, 0.1) is 0 Å². The summed E-state index contributed by atoms with van der Waals surface area (Å²) in [5.74, 6) is 1.34. The maximum Gasteiger partial charge on any atom is 0.159 e. The van der Waals surface area contributed by atoms with Crippen molar-refractivity contribution in [2.45, 2.75) is 0 Å². The number of pyridine rings is 2. The molecule has 6 aromatic carbocycles. The molecule has 6 nitrogen and oxygen atoms in total. The summed E-state index contributed by atoms with van der Waals surface area (Å²) in [6.45, 7) is 0. The van der Waals surface area contributed by atoms with Gasteiger partial charge in [-0.2, -0.15) is 0 Å². The molecule has 0 bridgehead atoms. The van der Waals surface area contributed by atoms with Crippen LogP contribution in [-0.2, 0) is 0 Å². The van der Waals surface area contributed by atoms with Crippen LogP contribution in [0.3, 0.4) is 0 Å². The standard InChI is InChI=1S/C48H30N6/c1-2-14-40-39(13-1)43-19-17-31(47-51-27-35(28-52-47)33-9-7-21-49-25-33)23-45(43)41-15-5-3-11-37(41)38-12-4-6-16-42(38)46-24-32(18-20-44(40)46)48-53-29-36(30-54-48)34-10-8-22-50-26-34/h1-30H. The molecule has 54 heavy (non-hydrogen) atoms. The Hall–Kier alpha value is -7.44. The van der Waals surface area contributed by atoms with Crippen molar-refractivity contribution in [2.24, 2.45) is 0 Å². The molecule has 0 N–H and O–H groups in total. The normalized spacial score (nSPS) is 11.3. The first-order chi connectivity index (χ1) is 26.8. The molecule has 0 aliphatic rings. The summed E-state index contributed by atoms with van der Waals surface area (Å²) in [7, 11) is 0. The van der Waals surface area contributed by atoms with E-state index in [-0.39, 0.29) is 0 Å². The largest absolute Gasteiger partial charge is 0.264 e. The molecule has 0 saturated carbocycles. The van der Waals surface area contributed by atoms with E-state index >= 15 is 0 Å². The van der Waals surface area contributed by atoms with Crippen LogP contribution in [0, 0.1) is 0 Å². The van der Waals surface area contributed by atoms with Crippen molar-refractivity contribution in [3.8, 4) is 45.0 Å². The average molecular weight is 691 g/mol. The predicted octanol–water partition coefficient (Wildman–Crippen LogP) is 11.6. The molecule has 0 atom stereocenters. The van der Waals surface area contributed by atoms with E-state index < -0.39 is 0 Å². The maximum atomic E-state index is 4.82. The summed E-state index contributed by atoms with van der Waals surface area (Å²) in [5, 5.41) is 11.4. The van der Waals surface area contributed by atoms with Crippen molar-refractivity contribution in [3.63, 3.8) is 0 Å². The number of rotatable bonds is 4. The second-order valence-electron chi connectivity index (χ2n) is 13.2. The molecule has 10 aromatic rings. The third-order valence-corrected chi connectivity index (χ3v) is 10.1. The molecule has 252 valence electrons. The first-order valence-electron chi connectivity index (χ1n) is 17.8. The fraction of sp³-hybridized carbons (Fsp3) is 0. The molecule has 10 rings (SSSR count). The summed E-state index contributed by atoms with van der Waals surface area (Å²) in [5.41, 5.74) is 5.72. The summed E-state index contributed by atoms with van der Waals surface area (Å²) >= 11 is 0. The van der Waals surface area contributed by atoms with E-state index in [9.17, 15) is 0 Å². The number of aromatic nitrogens is 6. The van der Waals surface area contributed by atoms with Gasteiger partial charge in [-0.3, -0.25) is 9.97 Å². The van der Waals surface area contributed by atoms with Gasteiger partial charge in [0.1, 0.15) is 0 Å². The van der Waals surface area contributed by atoms with E-state index in [1.807, 2.05) is 61.4 Å². The molecule has 0 aliphatic heterocycles.